The molecule has 1 heterocycles. The van der Waals surface area contributed by atoms with E-state index in [1.807, 2.05) is 20.8 Å². The zero-order valence-corrected chi connectivity index (χ0v) is 13.1. The smallest absolute Gasteiger partial charge is 0.263 e. The summed E-state index contributed by atoms with van der Waals surface area (Å²) in [6, 6.07) is 0. The lowest BCUT2D eigenvalue weighted by Crippen LogP contribution is -2.62. The van der Waals surface area contributed by atoms with Gasteiger partial charge in [-0.25, -0.2) is 5.01 Å². The first-order chi connectivity index (χ1) is 8.65. The molecule has 0 bridgehead atoms. The van der Waals surface area contributed by atoms with E-state index in [2.05, 4.69) is 10.4 Å². The van der Waals surface area contributed by atoms with Crippen LogP contribution in [0, 0.1) is 5.41 Å². The van der Waals surface area contributed by atoms with E-state index in [9.17, 15) is 9.59 Å². The van der Waals surface area contributed by atoms with Crippen LogP contribution in [0.4, 0.5) is 0 Å². The van der Waals surface area contributed by atoms with E-state index in [1.165, 1.54) is 16.8 Å². The van der Waals surface area contributed by atoms with Crippen LogP contribution >= 0.6 is 11.8 Å². The molecule has 1 N–H and O–H groups in total. The molecule has 0 radical (unpaired) electrons. The highest BCUT2D eigenvalue weighted by molar-refractivity contribution is 8.13. The summed E-state index contributed by atoms with van der Waals surface area (Å²) in [4.78, 5) is 28.2. The molecule has 0 aromatic carbocycles. The second kappa shape index (κ2) is 5.60. The normalized spacial score (nSPS) is 19.7. The Bertz CT molecular complexity index is 418. The molecule has 1 rings (SSSR count). The predicted octanol–water partition coefficient (Wildman–Crippen LogP) is 1.38. The molecule has 19 heavy (non-hydrogen) atoms. The van der Waals surface area contributed by atoms with E-state index in [0.29, 0.717) is 11.8 Å². The Kier molecular flexibility index (Phi) is 4.76. The summed E-state index contributed by atoms with van der Waals surface area (Å²) in [6.07, 6.45) is 1.76. The second-order valence-corrected chi connectivity index (χ2v) is 6.00. The maximum atomic E-state index is 12.4. The lowest BCUT2D eigenvalue weighted by atomic mass is 9.90. The number of amidine groups is 1. The molecule has 1 aliphatic heterocycles. The summed E-state index contributed by atoms with van der Waals surface area (Å²) in [5.41, 5.74) is 1.10. The van der Waals surface area contributed by atoms with E-state index in [1.54, 1.807) is 20.1 Å². The van der Waals surface area contributed by atoms with Gasteiger partial charge in [0.1, 0.15) is 11.1 Å². The van der Waals surface area contributed by atoms with Crippen LogP contribution in [-0.2, 0) is 14.3 Å². The van der Waals surface area contributed by atoms with Crippen LogP contribution in [0.5, 0.6) is 0 Å². The third-order valence-electron chi connectivity index (χ3n) is 2.73. The Balaban J connectivity index is 3.07. The van der Waals surface area contributed by atoms with Gasteiger partial charge in [0.05, 0.1) is 0 Å². The molecule has 2 amide bonds. The van der Waals surface area contributed by atoms with Crippen molar-refractivity contribution in [3.63, 3.8) is 0 Å². The highest BCUT2D eigenvalue weighted by atomic mass is 32.2. The van der Waals surface area contributed by atoms with Gasteiger partial charge in [-0.15, -0.1) is 0 Å². The summed E-state index contributed by atoms with van der Waals surface area (Å²) in [6.45, 7) is 9.14. The number of rotatable bonds is 4. The van der Waals surface area contributed by atoms with Crippen molar-refractivity contribution in [2.75, 3.05) is 12.9 Å². The third-order valence-corrected chi connectivity index (χ3v) is 3.37. The summed E-state index contributed by atoms with van der Waals surface area (Å²) < 4.78 is 5.51. The minimum Gasteiger partial charge on any atom is -0.360 e. The summed E-state index contributed by atoms with van der Waals surface area (Å²) >= 11 is 1.24. The van der Waals surface area contributed by atoms with Gasteiger partial charge in [-0.2, -0.15) is 10.4 Å². The Morgan fingerprint density at radius 2 is 2.00 bits per heavy atom. The number of thioether (sulfide) groups is 1. The van der Waals surface area contributed by atoms with E-state index in [4.69, 9.17) is 4.74 Å². The molecule has 6 nitrogen and oxygen atoms in total. The third kappa shape index (κ3) is 3.34. The Morgan fingerprint density at radius 1 is 1.42 bits per heavy atom. The number of aliphatic imine (C=N–C) groups is 1. The fraction of sp³-hybridized carbons (Fsp3) is 0.750. The van der Waals surface area contributed by atoms with Crippen LogP contribution in [-0.4, -0.2) is 40.6 Å². The molecule has 7 heteroatoms. The van der Waals surface area contributed by atoms with Crippen LogP contribution in [0.25, 0.3) is 0 Å². The molecule has 108 valence electrons. The van der Waals surface area contributed by atoms with Crippen molar-refractivity contribution in [2.24, 2.45) is 10.4 Å². The number of ether oxygens (including phenoxy) is 1. The van der Waals surface area contributed by atoms with Gasteiger partial charge in [0.15, 0.2) is 5.17 Å². The lowest BCUT2D eigenvalue weighted by molar-refractivity contribution is -0.154. The minimum atomic E-state index is -1.16. The van der Waals surface area contributed by atoms with Crippen molar-refractivity contribution in [3.05, 3.63) is 0 Å². The van der Waals surface area contributed by atoms with E-state index >= 15 is 0 Å². The highest BCUT2D eigenvalue weighted by Gasteiger charge is 2.46. The van der Waals surface area contributed by atoms with Gasteiger partial charge in [-0.05, 0) is 40.9 Å². The largest absolute Gasteiger partial charge is 0.360 e. The standard InChI is InChI=1S/C12H21N3O3S/c1-7-18-12(4,5)14-15-9(17)11(2,3)8(16)13-10(15)19-6/h14H,7H2,1-6H3. The average Bonchev–Trinajstić information content (AvgIpc) is 2.30. The highest BCUT2D eigenvalue weighted by Crippen LogP contribution is 2.27. The monoisotopic (exact) mass is 287 g/mol. The molecule has 0 spiro atoms. The van der Waals surface area contributed by atoms with Gasteiger partial charge in [-0.1, -0.05) is 11.8 Å². The number of hydrogen-bond donors (Lipinski definition) is 1. The number of amides is 2. The SMILES string of the molecule is CCOC(C)(C)NN1C(=O)C(C)(C)C(=O)N=C1SC. The summed E-state index contributed by atoms with van der Waals surface area (Å²) in [5, 5.41) is 1.64. The minimum absolute atomic E-state index is 0.329. The molecule has 0 aliphatic carbocycles. The van der Waals surface area contributed by atoms with Gasteiger partial charge >= 0.3 is 0 Å². The van der Waals surface area contributed by atoms with Gasteiger partial charge in [0.25, 0.3) is 11.8 Å². The molecule has 0 saturated heterocycles. The number of carbonyl (C=O) groups excluding carboxylic acids is 2. The van der Waals surface area contributed by atoms with Gasteiger partial charge in [0.2, 0.25) is 0 Å². The molecule has 0 aromatic heterocycles. The topological polar surface area (TPSA) is 71.0 Å². The number of nitrogens with one attached hydrogen (secondary N) is 1. The molecular weight excluding hydrogens is 266 g/mol. The van der Waals surface area contributed by atoms with Crippen LogP contribution < -0.4 is 5.43 Å². The first-order valence-corrected chi connectivity index (χ1v) is 7.31. The van der Waals surface area contributed by atoms with Crippen molar-refractivity contribution in [1.82, 2.24) is 10.4 Å². The Labute approximate surface area is 117 Å². The number of hydrogen-bond acceptors (Lipinski definition) is 5. The van der Waals surface area contributed by atoms with Crippen LogP contribution in [0.2, 0.25) is 0 Å². The molecule has 0 fully saturated rings. The molecule has 0 atom stereocenters. The van der Waals surface area contributed by atoms with Gasteiger partial charge in [0, 0.05) is 6.61 Å². The van der Waals surface area contributed by atoms with Crippen molar-refractivity contribution in [2.45, 2.75) is 40.3 Å². The maximum absolute atomic E-state index is 12.4. The fourth-order valence-corrected chi connectivity index (χ4v) is 2.12. The van der Waals surface area contributed by atoms with Crippen molar-refractivity contribution in [1.29, 1.82) is 0 Å². The molecule has 1 aliphatic rings. The number of nitrogens with zero attached hydrogens (tertiary/aromatic N) is 2. The van der Waals surface area contributed by atoms with E-state index < -0.39 is 17.0 Å². The molecule has 0 saturated carbocycles. The quantitative estimate of drug-likeness (QED) is 0.625. The summed E-state index contributed by atoms with van der Waals surface area (Å²) in [5.74, 6) is -0.751. The summed E-state index contributed by atoms with van der Waals surface area (Å²) in [7, 11) is 0. The Hall–Kier alpha value is -0.920. The average molecular weight is 287 g/mol. The van der Waals surface area contributed by atoms with E-state index in [-0.39, 0.29) is 5.91 Å². The van der Waals surface area contributed by atoms with Crippen LogP contribution in [0.15, 0.2) is 4.99 Å². The molecule has 0 unspecified atom stereocenters. The number of carbonyl (C=O) groups is 2. The number of hydrazine groups is 1. The van der Waals surface area contributed by atoms with Crippen LogP contribution in [0.3, 0.4) is 0 Å². The van der Waals surface area contributed by atoms with Crippen molar-refractivity contribution in [3.8, 4) is 0 Å². The Morgan fingerprint density at radius 3 is 2.47 bits per heavy atom. The molecule has 0 aromatic rings. The predicted molar refractivity (Wildman–Crippen MR) is 75.4 cm³/mol. The van der Waals surface area contributed by atoms with Gasteiger partial charge in [-0.3, -0.25) is 9.59 Å². The first-order valence-electron chi connectivity index (χ1n) is 6.09. The lowest BCUT2D eigenvalue weighted by Gasteiger charge is -2.39. The van der Waals surface area contributed by atoms with Gasteiger partial charge < -0.3 is 4.74 Å². The zero-order valence-electron chi connectivity index (χ0n) is 12.2. The first kappa shape index (κ1) is 16.1. The zero-order chi connectivity index (χ0) is 14.8. The fourth-order valence-electron chi connectivity index (χ4n) is 1.63. The van der Waals surface area contributed by atoms with Crippen molar-refractivity contribution >= 4 is 28.7 Å². The second-order valence-electron chi connectivity index (χ2n) is 5.22. The maximum Gasteiger partial charge on any atom is 0.263 e. The van der Waals surface area contributed by atoms with Crippen molar-refractivity contribution < 1.29 is 14.3 Å². The van der Waals surface area contributed by atoms with E-state index in [0.717, 1.165) is 0 Å². The molecular formula is C12H21N3O3S. The van der Waals surface area contributed by atoms with Crippen LogP contribution in [0.1, 0.15) is 34.6 Å².